The number of fused-ring (bicyclic) bond motifs is 1. The van der Waals surface area contributed by atoms with E-state index in [1.165, 1.54) is 11.1 Å². The Morgan fingerprint density at radius 1 is 1.11 bits per heavy atom. The lowest BCUT2D eigenvalue weighted by Gasteiger charge is -2.35. The Labute approximate surface area is 163 Å². The average Bonchev–Trinajstić information content (AvgIpc) is 3.16. The Morgan fingerprint density at radius 3 is 2.67 bits per heavy atom. The third kappa shape index (κ3) is 3.88. The smallest absolute Gasteiger partial charge is 0.173 e. The van der Waals surface area contributed by atoms with E-state index in [0.29, 0.717) is 13.2 Å². The van der Waals surface area contributed by atoms with E-state index < -0.39 is 0 Å². The van der Waals surface area contributed by atoms with Crippen LogP contribution in [-0.2, 0) is 24.2 Å². The summed E-state index contributed by atoms with van der Waals surface area (Å²) in [5.74, 6) is 0.828. The molecule has 1 aliphatic rings. The topological polar surface area (TPSA) is 56.1 Å². The van der Waals surface area contributed by atoms with Crippen LogP contribution in [0.2, 0.25) is 5.02 Å². The highest BCUT2D eigenvalue weighted by Crippen LogP contribution is 2.32. The molecule has 0 amide bonds. The molecule has 0 unspecified atom stereocenters. The summed E-state index contributed by atoms with van der Waals surface area (Å²) in [4.78, 5) is 2.43. The number of aromatic nitrogens is 4. The molecule has 3 aromatic rings. The second-order valence-electron chi connectivity index (χ2n) is 6.70. The normalized spacial score (nSPS) is 15.5. The molecule has 1 aromatic heterocycles. The first-order valence-electron chi connectivity index (χ1n) is 9.07. The van der Waals surface area contributed by atoms with Crippen LogP contribution in [0.3, 0.4) is 0 Å². The van der Waals surface area contributed by atoms with Crippen molar-refractivity contribution in [3.8, 4) is 0 Å². The van der Waals surface area contributed by atoms with Crippen LogP contribution in [0.5, 0.6) is 0 Å². The number of tetrazole rings is 1. The molecule has 0 N–H and O–H groups in total. The highest BCUT2D eigenvalue weighted by atomic mass is 35.5. The standard InChI is InChI=1S/C20H22ClN5O/c1-27-13-12-26-20(22-23-24-26)19(16-6-8-18(21)9-7-16)25-11-10-15-4-2-3-5-17(15)14-25/h2-9,19H,10-14H2,1H3/t19-/m1/s1. The minimum atomic E-state index is -0.0394. The summed E-state index contributed by atoms with van der Waals surface area (Å²) < 4.78 is 7.05. The van der Waals surface area contributed by atoms with Crippen LogP contribution in [0.4, 0.5) is 0 Å². The SMILES string of the molecule is COCCn1nnnc1[C@@H](c1ccc(Cl)cc1)N1CCc2ccccc2C1. The molecule has 140 valence electrons. The van der Waals surface area contributed by atoms with Crippen LogP contribution in [0.25, 0.3) is 0 Å². The van der Waals surface area contributed by atoms with Crippen molar-refractivity contribution in [2.45, 2.75) is 25.6 Å². The molecule has 2 heterocycles. The zero-order chi connectivity index (χ0) is 18.6. The fourth-order valence-corrected chi connectivity index (χ4v) is 3.78. The lowest BCUT2D eigenvalue weighted by atomic mass is 9.96. The molecule has 2 aromatic carbocycles. The summed E-state index contributed by atoms with van der Waals surface area (Å²) in [6.45, 7) is 2.99. The number of ether oxygens (including phenoxy) is 1. The zero-order valence-electron chi connectivity index (χ0n) is 15.3. The van der Waals surface area contributed by atoms with Gasteiger partial charge in [0.05, 0.1) is 19.2 Å². The number of rotatable bonds is 6. The maximum atomic E-state index is 6.12. The van der Waals surface area contributed by atoms with E-state index in [2.05, 4.69) is 56.8 Å². The Balaban J connectivity index is 1.71. The van der Waals surface area contributed by atoms with Crippen molar-refractivity contribution in [2.24, 2.45) is 0 Å². The maximum absolute atomic E-state index is 6.12. The minimum absolute atomic E-state index is 0.0394. The Bertz CT molecular complexity index is 895. The number of hydrogen-bond donors (Lipinski definition) is 0. The molecular weight excluding hydrogens is 362 g/mol. The third-order valence-electron chi connectivity index (χ3n) is 5.02. The molecule has 6 nitrogen and oxygen atoms in total. The van der Waals surface area contributed by atoms with E-state index in [-0.39, 0.29) is 6.04 Å². The van der Waals surface area contributed by atoms with Crippen LogP contribution in [-0.4, -0.2) is 45.4 Å². The molecule has 0 bridgehead atoms. The molecule has 0 aliphatic carbocycles. The van der Waals surface area contributed by atoms with E-state index in [4.69, 9.17) is 16.3 Å². The summed E-state index contributed by atoms with van der Waals surface area (Å²) in [6.07, 6.45) is 1.01. The molecular formula is C20H22ClN5O. The molecule has 0 spiro atoms. The molecule has 7 heteroatoms. The van der Waals surface area contributed by atoms with E-state index in [0.717, 1.165) is 35.9 Å². The third-order valence-corrected chi connectivity index (χ3v) is 5.27. The van der Waals surface area contributed by atoms with Crippen LogP contribution in [0.1, 0.15) is 28.6 Å². The van der Waals surface area contributed by atoms with Gasteiger partial charge in [0.25, 0.3) is 0 Å². The van der Waals surface area contributed by atoms with Gasteiger partial charge in [0.1, 0.15) is 0 Å². The van der Waals surface area contributed by atoms with Crippen molar-refractivity contribution < 1.29 is 4.74 Å². The van der Waals surface area contributed by atoms with Crippen molar-refractivity contribution in [2.75, 3.05) is 20.3 Å². The fourth-order valence-electron chi connectivity index (χ4n) is 3.65. The average molecular weight is 384 g/mol. The van der Waals surface area contributed by atoms with Gasteiger partial charge in [-0.15, -0.1) is 5.10 Å². The van der Waals surface area contributed by atoms with E-state index in [1.807, 2.05) is 16.8 Å². The first-order valence-corrected chi connectivity index (χ1v) is 9.45. The number of hydrogen-bond acceptors (Lipinski definition) is 5. The molecule has 1 atom stereocenters. The van der Waals surface area contributed by atoms with Crippen molar-refractivity contribution in [3.63, 3.8) is 0 Å². The molecule has 27 heavy (non-hydrogen) atoms. The Kier molecular flexibility index (Phi) is 5.48. The molecule has 0 saturated heterocycles. The lowest BCUT2D eigenvalue weighted by Crippen LogP contribution is -2.36. The van der Waals surface area contributed by atoms with E-state index in [9.17, 15) is 0 Å². The van der Waals surface area contributed by atoms with Gasteiger partial charge in [0.15, 0.2) is 5.82 Å². The first kappa shape index (κ1) is 18.1. The van der Waals surface area contributed by atoms with Gasteiger partial charge >= 0.3 is 0 Å². The molecule has 0 fully saturated rings. The number of halogens is 1. The van der Waals surface area contributed by atoms with Gasteiger partial charge in [-0.2, -0.15) is 0 Å². The van der Waals surface area contributed by atoms with Gasteiger partial charge in [-0.05, 0) is 45.7 Å². The first-order chi connectivity index (χ1) is 13.3. The number of benzene rings is 2. The van der Waals surface area contributed by atoms with Crippen LogP contribution in [0.15, 0.2) is 48.5 Å². The van der Waals surface area contributed by atoms with Crippen molar-refractivity contribution in [1.82, 2.24) is 25.1 Å². The highest BCUT2D eigenvalue weighted by molar-refractivity contribution is 6.30. The van der Waals surface area contributed by atoms with Crippen molar-refractivity contribution in [1.29, 1.82) is 0 Å². The molecule has 1 aliphatic heterocycles. The van der Waals surface area contributed by atoms with Crippen LogP contribution < -0.4 is 0 Å². The summed E-state index contributed by atoms with van der Waals surface area (Å²) >= 11 is 6.12. The lowest BCUT2D eigenvalue weighted by molar-refractivity contribution is 0.170. The minimum Gasteiger partial charge on any atom is -0.383 e. The predicted molar refractivity (Wildman–Crippen MR) is 104 cm³/mol. The summed E-state index contributed by atoms with van der Waals surface area (Å²) in [7, 11) is 1.68. The number of nitrogens with zero attached hydrogens (tertiary/aromatic N) is 5. The van der Waals surface area contributed by atoms with Crippen molar-refractivity contribution in [3.05, 3.63) is 76.1 Å². The molecule has 0 radical (unpaired) electrons. The summed E-state index contributed by atoms with van der Waals surface area (Å²) in [5, 5.41) is 13.2. The summed E-state index contributed by atoms with van der Waals surface area (Å²) in [5.41, 5.74) is 3.91. The van der Waals surface area contributed by atoms with Crippen molar-refractivity contribution >= 4 is 11.6 Å². The van der Waals surface area contributed by atoms with Gasteiger partial charge in [-0.1, -0.05) is 48.0 Å². The fraction of sp³-hybridized carbons (Fsp3) is 0.350. The zero-order valence-corrected chi connectivity index (χ0v) is 16.0. The highest BCUT2D eigenvalue weighted by Gasteiger charge is 2.30. The van der Waals surface area contributed by atoms with Gasteiger partial charge in [0.2, 0.25) is 0 Å². The van der Waals surface area contributed by atoms with Gasteiger partial charge < -0.3 is 4.74 Å². The summed E-state index contributed by atoms with van der Waals surface area (Å²) in [6, 6.07) is 16.5. The van der Waals surface area contributed by atoms with E-state index in [1.54, 1.807) is 7.11 Å². The quantitative estimate of drug-likeness (QED) is 0.654. The second-order valence-corrected chi connectivity index (χ2v) is 7.13. The second kappa shape index (κ2) is 8.17. The maximum Gasteiger partial charge on any atom is 0.173 e. The Morgan fingerprint density at radius 2 is 1.89 bits per heavy atom. The van der Waals surface area contributed by atoms with Gasteiger partial charge in [-0.3, -0.25) is 4.90 Å². The molecule has 0 saturated carbocycles. The van der Waals surface area contributed by atoms with Crippen LogP contribution in [0, 0.1) is 0 Å². The number of methoxy groups -OCH3 is 1. The molecule has 4 rings (SSSR count). The largest absolute Gasteiger partial charge is 0.383 e. The van der Waals surface area contributed by atoms with Crippen LogP contribution >= 0.6 is 11.6 Å². The monoisotopic (exact) mass is 383 g/mol. The van der Waals surface area contributed by atoms with Gasteiger partial charge in [0, 0.05) is 25.2 Å². The van der Waals surface area contributed by atoms with Gasteiger partial charge in [-0.25, -0.2) is 4.68 Å². The van der Waals surface area contributed by atoms with E-state index >= 15 is 0 Å². The predicted octanol–water partition coefficient (Wildman–Crippen LogP) is 3.12. The Hall–Kier alpha value is -2.28.